The first-order chi connectivity index (χ1) is 11.0. The number of hydrogen-bond donors (Lipinski definition) is 3. The fourth-order valence-corrected chi connectivity index (χ4v) is 2.32. The maximum atomic E-state index is 11.7. The molecule has 0 radical (unpaired) electrons. The van der Waals surface area contributed by atoms with Gasteiger partial charge in [-0.3, -0.25) is 9.59 Å². The van der Waals surface area contributed by atoms with E-state index in [0.29, 0.717) is 22.0 Å². The van der Waals surface area contributed by atoms with Crippen LogP contribution in [0.15, 0.2) is 39.3 Å². The number of aromatic nitrogens is 2. The maximum Gasteiger partial charge on any atom is 0.254 e. The molecule has 7 nitrogen and oxygen atoms in total. The number of rotatable bonds is 5. The second-order valence-corrected chi connectivity index (χ2v) is 5.69. The number of aromatic amines is 1. The van der Waals surface area contributed by atoms with Crippen molar-refractivity contribution in [3.63, 3.8) is 0 Å². The third-order valence-corrected chi connectivity index (χ3v) is 3.92. The van der Waals surface area contributed by atoms with Crippen LogP contribution in [0.25, 0.3) is 0 Å². The minimum Gasteiger partial charge on any atom is -0.507 e. The van der Waals surface area contributed by atoms with Crippen LogP contribution >= 0.6 is 11.8 Å². The molecule has 120 valence electrons. The summed E-state index contributed by atoms with van der Waals surface area (Å²) in [5.74, 6) is -0.205. The second kappa shape index (κ2) is 7.59. The van der Waals surface area contributed by atoms with Gasteiger partial charge in [0, 0.05) is 16.8 Å². The smallest absolute Gasteiger partial charge is 0.254 e. The van der Waals surface area contributed by atoms with E-state index in [2.05, 4.69) is 20.5 Å². The molecule has 2 rings (SSSR count). The van der Waals surface area contributed by atoms with E-state index in [1.165, 1.54) is 12.3 Å². The SMILES string of the molecule is Cc1nc(SCC(=O)NN=Cc2ccccc2O)[nH]c(=O)c1C. The van der Waals surface area contributed by atoms with Gasteiger partial charge >= 0.3 is 0 Å². The molecule has 0 saturated carbocycles. The molecule has 0 saturated heterocycles. The van der Waals surface area contributed by atoms with Crippen LogP contribution in [0.3, 0.4) is 0 Å². The molecule has 0 atom stereocenters. The molecule has 3 N–H and O–H groups in total. The van der Waals surface area contributed by atoms with Crippen molar-refractivity contribution < 1.29 is 9.90 Å². The van der Waals surface area contributed by atoms with E-state index < -0.39 is 0 Å². The van der Waals surface area contributed by atoms with E-state index in [1.54, 1.807) is 32.0 Å². The fraction of sp³-hybridized carbons (Fsp3) is 0.200. The van der Waals surface area contributed by atoms with Crippen LogP contribution in [0.5, 0.6) is 5.75 Å². The van der Waals surface area contributed by atoms with Gasteiger partial charge in [-0.15, -0.1) is 0 Å². The van der Waals surface area contributed by atoms with Gasteiger partial charge in [-0.2, -0.15) is 5.10 Å². The normalized spacial score (nSPS) is 10.9. The van der Waals surface area contributed by atoms with Gasteiger partial charge in [0.1, 0.15) is 5.75 Å². The highest BCUT2D eigenvalue weighted by molar-refractivity contribution is 7.99. The Morgan fingerprint density at radius 3 is 2.87 bits per heavy atom. The zero-order valence-corrected chi connectivity index (χ0v) is 13.5. The Hall–Kier alpha value is -2.61. The highest BCUT2D eigenvalue weighted by Gasteiger charge is 2.07. The van der Waals surface area contributed by atoms with Crippen LogP contribution in [-0.2, 0) is 4.79 Å². The molecule has 23 heavy (non-hydrogen) atoms. The Morgan fingerprint density at radius 2 is 2.17 bits per heavy atom. The maximum absolute atomic E-state index is 11.7. The molecule has 1 aromatic carbocycles. The zero-order valence-electron chi connectivity index (χ0n) is 12.7. The lowest BCUT2D eigenvalue weighted by Crippen LogP contribution is -2.20. The van der Waals surface area contributed by atoms with Gasteiger partial charge in [-0.05, 0) is 26.0 Å². The average Bonchev–Trinajstić information content (AvgIpc) is 2.52. The molecule has 0 unspecified atom stereocenters. The number of hydrogen-bond acceptors (Lipinski definition) is 6. The molecule has 0 aliphatic carbocycles. The van der Waals surface area contributed by atoms with Gasteiger partial charge in [0.15, 0.2) is 5.16 Å². The van der Waals surface area contributed by atoms with Gasteiger partial charge in [-0.1, -0.05) is 23.9 Å². The van der Waals surface area contributed by atoms with Gasteiger partial charge in [0.05, 0.1) is 12.0 Å². The van der Waals surface area contributed by atoms with Crippen molar-refractivity contribution in [3.05, 3.63) is 51.4 Å². The number of carbonyl (C=O) groups is 1. The van der Waals surface area contributed by atoms with Crippen LogP contribution in [0.1, 0.15) is 16.8 Å². The third-order valence-electron chi connectivity index (χ3n) is 3.04. The van der Waals surface area contributed by atoms with E-state index in [1.807, 2.05) is 0 Å². The van der Waals surface area contributed by atoms with Gasteiger partial charge in [0.2, 0.25) is 0 Å². The number of nitrogens with zero attached hydrogens (tertiary/aromatic N) is 2. The number of nitrogens with one attached hydrogen (secondary N) is 2. The van der Waals surface area contributed by atoms with Crippen molar-refractivity contribution in [2.24, 2.45) is 5.10 Å². The van der Waals surface area contributed by atoms with Crippen LogP contribution in [-0.4, -0.2) is 32.9 Å². The predicted molar refractivity (Wildman–Crippen MR) is 88.9 cm³/mol. The summed E-state index contributed by atoms with van der Waals surface area (Å²) in [5.41, 5.74) is 3.83. The van der Waals surface area contributed by atoms with E-state index in [0.717, 1.165) is 11.8 Å². The molecule has 0 spiro atoms. The quantitative estimate of drug-likeness (QED) is 0.331. The Kier molecular flexibility index (Phi) is 5.53. The molecule has 1 amide bonds. The lowest BCUT2D eigenvalue weighted by Gasteiger charge is -2.03. The number of para-hydroxylation sites is 1. The number of benzene rings is 1. The monoisotopic (exact) mass is 332 g/mol. The molecule has 0 fully saturated rings. The van der Waals surface area contributed by atoms with Crippen molar-refractivity contribution >= 4 is 23.9 Å². The average molecular weight is 332 g/mol. The lowest BCUT2D eigenvalue weighted by atomic mass is 10.2. The summed E-state index contributed by atoms with van der Waals surface area (Å²) < 4.78 is 0. The van der Waals surface area contributed by atoms with E-state index in [9.17, 15) is 14.7 Å². The summed E-state index contributed by atoms with van der Waals surface area (Å²) >= 11 is 1.11. The van der Waals surface area contributed by atoms with Crippen LogP contribution in [0.2, 0.25) is 0 Å². The van der Waals surface area contributed by atoms with Crippen LogP contribution < -0.4 is 11.0 Å². The summed E-state index contributed by atoms with van der Waals surface area (Å²) in [7, 11) is 0. The molecular weight excluding hydrogens is 316 g/mol. The largest absolute Gasteiger partial charge is 0.507 e. The van der Waals surface area contributed by atoms with Crippen molar-refractivity contribution in [1.82, 2.24) is 15.4 Å². The third kappa shape index (κ3) is 4.68. The van der Waals surface area contributed by atoms with E-state index >= 15 is 0 Å². The first kappa shape index (κ1) is 16.8. The summed E-state index contributed by atoms with van der Waals surface area (Å²) in [5, 5.41) is 13.7. The molecule has 0 aliphatic heterocycles. The van der Waals surface area contributed by atoms with Gasteiger partial charge in [-0.25, -0.2) is 10.4 Å². The van der Waals surface area contributed by atoms with Gasteiger partial charge < -0.3 is 10.1 Å². The number of aromatic hydroxyl groups is 1. The number of amides is 1. The number of carbonyl (C=O) groups excluding carboxylic acids is 1. The van der Waals surface area contributed by atoms with E-state index in [-0.39, 0.29) is 23.0 Å². The predicted octanol–water partition coefficient (Wildman–Crippen LogP) is 1.33. The Balaban J connectivity index is 1.88. The molecular formula is C15H16N4O3S. The highest BCUT2D eigenvalue weighted by atomic mass is 32.2. The Labute approximate surface area is 136 Å². The van der Waals surface area contributed by atoms with Crippen LogP contribution in [0.4, 0.5) is 0 Å². The zero-order chi connectivity index (χ0) is 16.8. The van der Waals surface area contributed by atoms with E-state index in [4.69, 9.17) is 0 Å². The number of phenolic OH excluding ortho intramolecular Hbond substituents is 1. The highest BCUT2D eigenvalue weighted by Crippen LogP contribution is 2.13. The fourth-order valence-electron chi connectivity index (χ4n) is 1.62. The summed E-state index contributed by atoms with van der Waals surface area (Å²) in [6, 6.07) is 6.64. The number of phenols is 1. The molecule has 2 aromatic rings. The molecule has 1 aromatic heterocycles. The van der Waals surface area contributed by atoms with Gasteiger partial charge in [0.25, 0.3) is 11.5 Å². The standard InChI is InChI=1S/C15H16N4O3S/c1-9-10(2)17-15(18-14(9)22)23-8-13(21)19-16-7-11-5-3-4-6-12(11)20/h3-7,20H,8H2,1-2H3,(H,19,21)(H,17,18,22). The molecule has 0 aliphatic rings. The lowest BCUT2D eigenvalue weighted by molar-refractivity contribution is -0.118. The first-order valence-electron chi connectivity index (χ1n) is 6.77. The Bertz CT molecular complexity index is 802. The summed E-state index contributed by atoms with van der Waals surface area (Å²) in [4.78, 5) is 30.1. The number of aryl methyl sites for hydroxylation is 1. The minimum absolute atomic E-state index is 0.0591. The molecule has 8 heteroatoms. The minimum atomic E-state index is -0.345. The van der Waals surface area contributed by atoms with Crippen LogP contribution in [0, 0.1) is 13.8 Å². The Morgan fingerprint density at radius 1 is 1.43 bits per heavy atom. The molecule has 1 heterocycles. The van der Waals surface area contributed by atoms with Crippen molar-refractivity contribution in [1.29, 1.82) is 0 Å². The first-order valence-corrected chi connectivity index (χ1v) is 7.76. The second-order valence-electron chi connectivity index (χ2n) is 4.72. The number of H-pyrrole nitrogens is 1. The number of hydrazone groups is 1. The summed E-state index contributed by atoms with van der Waals surface area (Å²) in [6.45, 7) is 3.43. The van der Waals surface area contributed by atoms with Crippen molar-refractivity contribution in [2.45, 2.75) is 19.0 Å². The van der Waals surface area contributed by atoms with Crippen molar-refractivity contribution in [3.8, 4) is 5.75 Å². The summed E-state index contributed by atoms with van der Waals surface area (Å²) in [6.07, 6.45) is 1.36. The topological polar surface area (TPSA) is 107 Å². The molecule has 0 bridgehead atoms. The van der Waals surface area contributed by atoms with Crippen molar-refractivity contribution in [2.75, 3.05) is 5.75 Å². The number of thioether (sulfide) groups is 1.